The smallest absolute Gasteiger partial charge is 0.156 e. The topological polar surface area (TPSA) is 55.9 Å². The van der Waals surface area contributed by atoms with E-state index in [4.69, 9.17) is 4.52 Å². The number of nitrogens with one attached hydrogen (secondary N) is 1. The minimum absolute atomic E-state index is 0.644. The van der Waals surface area contributed by atoms with Crippen molar-refractivity contribution in [2.45, 2.75) is 33.9 Å². The molecule has 1 N–H and O–H groups in total. The maximum absolute atomic E-state index is 5.22. The lowest BCUT2D eigenvalue weighted by Crippen LogP contribution is -2.21. The minimum Gasteiger partial charge on any atom is -0.359 e. The van der Waals surface area contributed by atoms with Crippen LogP contribution in [0.4, 0.5) is 0 Å². The number of imidazole rings is 1. The molecule has 0 aliphatic rings. The van der Waals surface area contributed by atoms with E-state index in [1.165, 1.54) is 0 Å². The van der Waals surface area contributed by atoms with Crippen LogP contribution < -0.4 is 5.32 Å². The van der Waals surface area contributed by atoms with E-state index in [1.807, 2.05) is 25.4 Å². The van der Waals surface area contributed by atoms with Crippen LogP contribution >= 0.6 is 0 Å². The van der Waals surface area contributed by atoms with E-state index < -0.39 is 0 Å². The summed E-state index contributed by atoms with van der Waals surface area (Å²) in [6.45, 7) is 8.76. The Morgan fingerprint density at radius 3 is 2.94 bits per heavy atom. The van der Waals surface area contributed by atoms with Gasteiger partial charge in [0.2, 0.25) is 0 Å². The zero-order chi connectivity index (χ0) is 13.0. The standard InChI is InChI=1S/C13H20N4O/c1-10(2)7-14-8-13-15-4-5-17(13)9-12-6-11(3)16-18-12/h4-6,10,14H,7-9H2,1-3H3. The molecule has 0 radical (unpaired) electrons. The summed E-state index contributed by atoms with van der Waals surface area (Å²) in [5.41, 5.74) is 0.907. The van der Waals surface area contributed by atoms with Crippen molar-refractivity contribution < 1.29 is 4.52 Å². The molecule has 2 heterocycles. The zero-order valence-corrected chi connectivity index (χ0v) is 11.2. The summed E-state index contributed by atoms with van der Waals surface area (Å²) < 4.78 is 7.29. The second-order valence-electron chi connectivity index (χ2n) is 4.93. The largest absolute Gasteiger partial charge is 0.359 e. The Labute approximate surface area is 107 Å². The van der Waals surface area contributed by atoms with Crippen LogP contribution in [0.1, 0.15) is 31.1 Å². The van der Waals surface area contributed by atoms with E-state index in [2.05, 4.69) is 33.9 Å². The SMILES string of the molecule is Cc1cc(Cn2ccnc2CNCC(C)C)on1. The van der Waals surface area contributed by atoms with Gasteiger partial charge in [0, 0.05) is 18.5 Å². The monoisotopic (exact) mass is 248 g/mol. The van der Waals surface area contributed by atoms with Crippen LogP contribution in [-0.4, -0.2) is 21.3 Å². The summed E-state index contributed by atoms with van der Waals surface area (Å²) in [5.74, 6) is 2.52. The van der Waals surface area contributed by atoms with Crippen molar-refractivity contribution in [2.24, 2.45) is 5.92 Å². The first-order valence-electron chi connectivity index (χ1n) is 6.28. The number of rotatable bonds is 6. The van der Waals surface area contributed by atoms with E-state index in [0.29, 0.717) is 12.5 Å². The average molecular weight is 248 g/mol. The number of aromatic nitrogens is 3. The molecule has 0 atom stereocenters. The number of hydrogen-bond acceptors (Lipinski definition) is 4. The molecule has 0 amide bonds. The summed E-state index contributed by atoms with van der Waals surface area (Å²) in [6, 6.07) is 1.95. The van der Waals surface area contributed by atoms with Gasteiger partial charge in [-0.1, -0.05) is 19.0 Å². The molecule has 18 heavy (non-hydrogen) atoms. The Balaban J connectivity index is 1.95. The van der Waals surface area contributed by atoms with Gasteiger partial charge in [0.1, 0.15) is 5.82 Å². The lowest BCUT2D eigenvalue weighted by Gasteiger charge is -2.08. The third-order valence-corrected chi connectivity index (χ3v) is 2.64. The second-order valence-corrected chi connectivity index (χ2v) is 4.93. The Morgan fingerprint density at radius 1 is 1.44 bits per heavy atom. The molecule has 0 aliphatic heterocycles. The van der Waals surface area contributed by atoms with Crippen molar-refractivity contribution in [3.63, 3.8) is 0 Å². The van der Waals surface area contributed by atoms with Crippen LogP contribution in [0.15, 0.2) is 23.0 Å². The van der Waals surface area contributed by atoms with Crippen molar-refractivity contribution in [1.82, 2.24) is 20.0 Å². The van der Waals surface area contributed by atoms with Crippen molar-refractivity contribution in [3.05, 3.63) is 35.7 Å². The normalized spacial score (nSPS) is 11.3. The van der Waals surface area contributed by atoms with Crippen LogP contribution in [0.5, 0.6) is 0 Å². The Hall–Kier alpha value is -1.62. The Bertz CT molecular complexity index is 487. The molecule has 5 heteroatoms. The van der Waals surface area contributed by atoms with Crippen LogP contribution in [0.3, 0.4) is 0 Å². The quantitative estimate of drug-likeness (QED) is 0.849. The van der Waals surface area contributed by atoms with Crippen molar-refractivity contribution in [3.8, 4) is 0 Å². The first kappa shape index (κ1) is 12.8. The highest BCUT2D eigenvalue weighted by Gasteiger charge is 2.06. The van der Waals surface area contributed by atoms with Gasteiger partial charge in [-0.3, -0.25) is 0 Å². The third kappa shape index (κ3) is 3.43. The first-order chi connectivity index (χ1) is 8.65. The van der Waals surface area contributed by atoms with Crippen molar-refractivity contribution >= 4 is 0 Å². The summed E-state index contributed by atoms with van der Waals surface area (Å²) in [7, 11) is 0. The van der Waals surface area contributed by atoms with Crippen LogP contribution in [0, 0.1) is 12.8 Å². The molecule has 0 saturated heterocycles. The van der Waals surface area contributed by atoms with Crippen LogP contribution in [0.25, 0.3) is 0 Å². The molecule has 2 aromatic rings. The zero-order valence-electron chi connectivity index (χ0n) is 11.2. The highest BCUT2D eigenvalue weighted by Crippen LogP contribution is 2.07. The van der Waals surface area contributed by atoms with Gasteiger partial charge in [-0.15, -0.1) is 0 Å². The first-order valence-corrected chi connectivity index (χ1v) is 6.28. The van der Waals surface area contributed by atoms with Gasteiger partial charge in [-0.25, -0.2) is 4.98 Å². The molecule has 0 spiro atoms. The Morgan fingerprint density at radius 2 is 2.28 bits per heavy atom. The van der Waals surface area contributed by atoms with Gasteiger partial charge in [0.05, 0.1) is 18.8 Å². The van der Waals surface area contributed by atoms with Crippen molar-refractivity contribution in [1.29, 1.82) is 0 Å². The molecule has 0 aliphatic carbocycles. The predicted molar refractivity (Wildman–Crippen MR) is 69.1 cm³/mol. The van der Waals surface area contributed by atoms with Crippen LogP contribution in [0.2, 0.25) is 0 Å². The molecule has 0 fully saturated rings. The van der Waals surface area contributed by atoms with Gasteiger partial charge in [0.15, 0.2) is 5.76 Å². The molecule has 2 aromatic heterocycles. The number of hydrogen-bond donors (Lipinski definition) is 1. The maximum Gasteiger partial charge on any atom is 0.156 e. The van der Waals surface area contributed by atoms with Gasteiger partial charge in [0.25, 0.3) is 0 Å². The summed E-state index contributed by atoms with van der Waals surface area (Å²) in [6.07, 6.45) is 3.78. The molecule has 0 bridgehead atoms. The highest BCUT2D eigenvalue weighted by molar-refractivity contribution is 5.05. The fraction of sp³-hybridized carbons (Fsp3) is 0.538. The van der Waals surface area contributed by atoms with Gasteiger partial charge < -0.3 is 14.4 Å². The third-order valence-electron chi connectivity index (χ3n) is 2.64. The van der Waals surface area contributed by atoms with E-state index in [0.717, 1.165) is 30.4 Å². The molecular weight excluding hydrogens is 228 g/mol. The highest BCUT2D eigenvalue weighted by atomic mass is 16.5. The lowest BCUT2D eigenvalue weighted by molar-refractivity contribution is 0.370. The van der Waals surface area contributed by atoms with Gasteiger partial charge in [-0.2, -0.15) is 0 Å². The second kappa shape index (κ2) is 5.82. The van der Waals surface area contributed by atoms with Gasteiger partial charge >= 0.3 is 0 Å². The average Bonchev–Trinajstić information content (AvgIpc) is 2.89. The number of aryl methyl sites for hydroxylation is 1. The van der Waals surface area contributed by atoms with E-state index in [-0.39, 0.29) is 0 Å². The fourth-order valence-electron chi connectivity index (χ4n) is 1.78. The fourth-order valence-corrected chi connectivity index (χ4v) is 1.78. The lowest BCUT2D eigenvalue weighted by atomic mass is 10.2. The van der Waals surface area contributed by atoms with E-state index in [1.54, 1.807) is 0 Å². The molecule has 0 unspecified atom stereocenters. The number of nitrogens with zero attached hydrogens (tertiary/aromatic N) is 3. The van der Waals surface area contributed by atoms with E-state index >= 15 is 0 Å². The van der Waals surface area contributed by atoms with Crippen molar-refractivity contribution in [2.75, 3.05) is 6.54 Å². The molecule has 2 rings (SSSR count). The predicted octanol–water partition coefficient (Wildman–Crippen LogP) is 1.97. The molecular formula is C13H20N4O. The summed E-state index contributed by atoms with van der Waals surface area (Å²) >= 11 is 0. The Kier molecular flexibility index (Phi) is 4.15. The maximum atomic E-state index is 5.22. The summed E-state index contributed by atoms with van der Waals surface area (Å²) in [4.78, 5) is 4.35. The molecule has 0 saturated carbocycles. The minimum atomic E-state index is 0.644. The molecule has 0 aromatic carbocycles. The van der Waals surface area contributed by atoms with Gasteiger partial charge in [-0.05, 0) is 19.4 Å². The van der Waals surface area contributed by atoms with Crippen LogP contribution in [-0.2, 0) is 13.1 Å². The van der Waals surface area contributed by atoms with E-state index in [9.17, 15) is 0 Å². The summed E-state index contributed by atoms with van der Waals surface area (Å²) in [5, 5.41) is 7.28. The molecule has 98 valence electrons. The molecule has 5 nitrogen and oxygen atoms in total.